The van der Waals surface area contributed by atoms with Gasteiger partial charge in [0.2, 0.25) is 5.91 Å². The lowest BCUT2D eigenvalue weighted by Crippen LogP contribution is -2.28. The zero-order valence-electron chi connectivity index (χ0n) is 5.63. The summed E-state index contributed by atoms with van der Waals surface area (Å²) in [5.41, 5.74) is 0. The number of carboxylic acid groups (broad SMARTS) is 1. The molecule has 2 N–H and O–H groups in total. The first-order valence-electron chi connectivity index (χ1n) is 3.13. The van der Waals surface area contributed by atoms with Crippen molar-refractivity contribution < 1.29 is 14.7 Å². The van der Waals surface area contributed by atoms with Gasteiger partial charge in [-0.15, -0.1) is 0 Å². The fourth-order valence-electron chi connectivity index (χ4n) is 1.09. The van der Waals surface area contributed by atoms with Gasteiger partial charge in [0.25, 0.3) is 0 Å². The van der Waals surface area contributed by atoms with Gasteiger partial charge in [0.1, 0.15) is 0 Å². The number of hydrogen-bond donors (Lipinski definition) is 2. The summed E-state index contributed by atoms with van der Waals surface area (Å²) in [6.45, 7) is 1.70. The summed E-state index contributed by atoms with van der Waals surface area (Å²) in [5.74, 6) is -1.60. The van der Waals surface area contributed by atoms with Crippen LogP contribution in [0.4, 0.5) is 0 Å². The minimum atomic E-state index is -0.897. The van der Waals surface area contributed by atoms with Gasteiger partial charge in [-0.2, -0.15) is 0 Å². The molecule has 0 aromatic rings. The highest BCUT2D eigenvalue weighted by Gasteiger charge is 2.34. The first kappa shape index (κ1) is 7.05. The van der Waals surface area contributed by atoms with E-state index in [-0.39, 0.29) is 18.4 Å². The lowest BCUT2D eigenvalue weighted by molar-refractivity contribution is -0.142. The summed E-state index contributed by atoms with van der Waals surface area (Å²) in [5, 5.41) is 11.0. The molecule has 1 aliphatic heterocycles. The van der Waals surface area contributed by atoms with Crippen molar-refractivity contribution >= 4 is 11.9 Å². The molecule has 1 saturated heterocycles. The quantitative estimate of drug-likeness (QED) is 0.524. The fourth-order valence-corrected chi connectivity index (χ4v) is 1.09. The third-order valence-corrected chi connectivity index (χ3v) is 1.71. The maximum Gasteiger partial charge on any atom is 0.309 e. The van der Waals surface area contributed by atoms with Crippen molar-refractivity contribution in [2.75, 3.05) is 0 Å². The van der Waals surface area contributed by atoms with Crippen LogP contribution >= 0.6 is 0 Å². The highest BCUT2D eigenvalue weighted by Crippen LogP contribution is 2.15. The number of carbonyl (C=O) groups is 2. The molecule has 1 amide bonds. The standard InChI is InChI=1S/C6H9NO3/c1-3-4(6(9)10)2-5(8)7-3/h3-4H,2H2,1H3,(H,7,8)(H,9,10)/t3-,4+/m0/s1. The average molecular weight is 143 g/mol. The van der Waals surface area contributed by atoms with Crippen LogP contribution in [0, 0.1) is 5.92 Å². The Bertz CT molecular complexity index is 178. The van der Waals surface area contributed by atoms with Crippen LogP contribution in [0.1, 0.15) is 13.3 Å². The minimum Gasteiger partial charge on any atom is -0.481 e. The van der Waals surface area contributed by atoms with Crippen LogP contribution in [0.25, 0.3) is 0 Å². The van der Waals surface area contributed by atoms with Crippen molar-refractivity contribution in [2.45, 2.75) is 19.4 Å². The SMILES string of the molecule is C[C@@H]1NC(=O)C[C@H]1C(=O)O. The summed E-state index contributed by atoms with van der Waals surface area (Å²) in [6, 6.07) is -0.218. The van der Waals surface area contributed by atoms with Gasteiger partial charge in [0, 0.05) is 12.5 Å². The summed E-state index contributed by atoms with van der Waals surface area (Å²) in [6.07, 6.45) is 0.122. The lowest BCUT2D eigenvalue weighted by Gasteiger charge is -2.06. The van der Waals surface area contributed by atoms with Crippen molar-refractivity contribution in [1.82, 2.24) is 5.32 Å². The number of hydrogen-bond acceptors (Lipinski definition) is 2. The predicted octanol–water partition coefficient (Wildman–Crippen LogP) is -0.404. The summed E-state index contributed by atoms with van der Waals surface area (Å²) < 4.78 is 0. The van der Waals surface area contributed by atoms with Crippen molar-refractivity contribution in [2.24, 2.45) is 5.92 Å². The molecule has 1 fully saturated rings. The van der Waals surface area contributed by atoms with Crippen LogP contribution in [-0.4, -0.2) is 23.0 Å². The number of rotatable bonds is 1. The van der Waals surface area contributed by atoms with E-state index < -0.39 is 11.9 Å². The van der Waals surface area contributed by atoms with Crippen molar-refractivity contribution in [3.05, 3.63) is 0 Å². The van der Waals surface area contributed by atoms with E-state index in [4.69, 9.17) is 5.11 Å². The van der Waals surface area contributed by atoms with Gasteiger partial charge >= 0.3 is 5.97 Å². The molecule has 1 heterocycles. The zero-order chi connectivity index (χ0) is 7.72. The molecule has 2 atom stereocenters. The van der Waals surface area contributed by atoms with Crippen molar-refractivity contribution in [1.29, 1.82) is 0 Å². The van der Waals surface area contributed by atoms with Gasteiger partial charge in [-0.1, -0.05) is 0 Å². The highest BCUT2D eigenvalue weighted by molar-refractivity contribution is 5.86. The topological polar surface area (TPSA) is 66.4 Å². The number of aliphatic carboxylic acids is 1. The molecule has 4 nitrogen and oxygen atoms in total. The summed E-state index contributed by atoms with van der Waals surface area (Å²) in [7, 11) is 0. The molecule has 10 heavy (non-hydrogen) atoms. The van der Waals surface area contributed by atoms with Crippen LogP contribution in [0.15, 0.2) is 0 Å². The van der Waals surface area contributed by atoms with Gasteiger partial charge in [0.05, 0.1) is 5.92 Å². The molecular weight excluding hydrogens is 134 g/mol. The lowest BCUT2D eigenvalue weighted by atomic mass is 10.0. The third-order valence-electron chi connectivity index (χ3n) is 1.71. The second-order valence-corrected chi connectivity index (χ2v) is 2.51. The molecule has 4 heteroatoms. The monoisotopic (exact) mass is 143 g/mol. The number of carbonyl (C=O) groups excluding carboxylic acids is 1. The van der Waals surface area contributed by atoms with E-state index in [1.165, 1.54) is 0 Å². The van der Waals surface area contributed by atoms with E-state index in [1.807, 2.05) is 0 Å². The fraction of sp³-hybridized carbons (Fsp3) is 0.667. The highest BCUT2D eigenvalue weighted by atomic mass is 16.4. The molecule has 1 aliphatic rings. The van der Waals surface area contributed by atoms with Crippen LogP contribution in [0.5, 0.6) is 0 Å². The molecule has 0 aromatic carbocycles. The smallest absolute Gasteiger partial charge is 0.309 e. The van der Waals surface area contributed by atoms with Gasteiger partial charge in [0.15, 0.2) is 0 Å². The average Bonchev–Trinajstić information content (AvgIpc) is 2.10. The number of carboxylic acids is 1. The Labute approximate surface area is 58.2 Å². The van der Waals surface area contributed by atoms with Crippen LogP contribution in [0.2, 0.25) is 0 Å². The molecule has 0 saturated carbocycles. The first-order chi connectivity index (χ1) is 4.61. The van der Waals surface area contributed by atoms with Crippen molar-refractivity contribution in [3.8, 4) is 0 Å². The molecule has 0 aliphatic carbocycles. The van der Waals surface area contributed by atoms with Gasteiger partial charge in [-0.05, 0) is 6.92 Å². The summed E-state index contributed by atoms with van der Waals surface area (Å²) >= 11 is 0. The zero-order valence-corrected chi connectivity index (χ0v) is 5.63. The van der Waals surface area contributed by atoms with E-state index in [1.54, 1.807) is 6.92 Å². The van der Waals surface area contributed by atoms with E-state index in [0.717, 1.165) is 0 Å². The Morgan fingerprint density at radius 3 is 2.60 bits per heavy atom. The van der Waals surface area contributed by atoms with Crippen LogP contribution in [-0.2, 0) is 9.59 Å². The molecular formula is C6H9NO3. The van der Waals surface area contributed by atoms with E-state index in [2.05, 4.69) is 5.32 Å². The van der Waals surface area contributed by atoms with E-state index >= 15 is 0 Å². The molecule has 56 valence electrons. The van der Waals surface area contributed by atoms with Crippen molar-refractivity contribution in [3.63, 3.8) is 0 Å². The second-order valence-electron chi connectivity index (χ2n) is 2.51. The maximum atomic E-state index is 10.6. The maximum absolute atomic E-state index is 10.6. The molecule has 0 bridgehead atoms. The normalized spacial score (nSPS) is 31.9. The Morgan fingerprint density at radius 2 is 2.40 bits per heavy atom. The molecule has 0 unspecified atom stereocenters. The Balaban J connectivity index is 2.63. The predicted molar refractivity (Wildman–Crippen MR) is 33.3 cm³/mol. The second kappa shape index (κ2) is 2.28. The Morgan fingerprint density at radius 1 is 1.80 bits per heavy atom. The minimum absolute atomic E-state index is 0.122. The molecule has 0 radical (unpaired) electrons. The number of nitrogens with one attached hydrogen (secondary N) is 1. The van der Waals surface area contributed by atoms with E-state index in [9.17, 15) is 9.59 Å². The molecule has 0 spiro atoms. The van der Waals surface area contributed by atoms with Crippen LogP contribution < -0.4 is 5.32 Å². The third kappa shape index (κ3) is 1.10. The van der Waals surface area contributed by atoms with Crippen LogP contribution in [0.3, 0.4) is 0 Å². The molecule has 0 aromatic heterocycles. The van der Waals surface area contributed by atoms with Gasteiger partial charge in [-0.3, -0.25) is 9.59 Å². The Hall–Kier alpha value is -1.06. The molecule has 1 rings (SSSR count). The number of amides is 1. The largest absolute Gasteiger partial charge is 0.481 e. The van der Waals surface area contributed by atoms with E-state index in [0.29, 0.717) is 0 Å². The summed E-state index contributed by atoms with van der Waals surface area (Å²) in [4.78, 5) is 21.0. The van der Waals surface area contributed by atoms with Gasteiger partial charge < -0.3 is 10.4 Å². The Kier molecular flexibility index (Phi) is 1.61. The first-order valence-corrected chi connectivity index (χ1v) is 3.13. The van der Waals surface area contributed by atoms with Gasteiger partial charge in [-0.25, -0.2) is 0 Å².